The van der Waals surface area contributed by atoms with Crippen molar-refractivity contribution in [2.45, 2.75) is 11.7 Å². The van der Waals surface area contributed by atoms with Crippen molar-refractivity contribution in [3.63, 3.8) is 0 Å². The zero-order valence-electron chi connectivity index (χ0n) is 8.96. The molecule has 0 amide bonds. The fraction of sp³-hybridized carbons (Fsp3) is 0.167. The molecule has 5 heteroatoms. The molecule has 0 saturated carbocycles. The Morgan fingerprint density at radius 3 is 3.24 bits per heavy atom. The van der Waals surface area contributed by atoms with E-state index < -0.39 is 0 Å². The van der Waals surface area contributed by atoms with Crippen molar-refractivity contribution in [2.75, 3.05) is 5.75 Å². The highest BCUT2D eigenvalue weighted by molar-refractivity contribution is 7.99. The van der Waals surface area contributed by atoms with Crippen molar-refractivity contribution in [3.05, 3.63) is 30.5 Å². The predicted octanol–water partition coefficient (Wildman–Crippen LogP) is 2.62. The molecule has 17 heavy (non-hydrogen) atoms. The Labute approximate surface area is 102 Å². The Morgan fingerprint density at radius 1 is 1.47 bits per heavy atom. The van der Waals surface area contributed by atoms with Gasteiger partial charge in [-0.3, -0.25) is 0 Å². The molecular formula is C12H9N3OS. The minimum Gasteiger partial charge on any atom is -0.325 e. The van der Waals surface area contributed by atoms with Crippen LogP contribution in [0.1, 0.15) is 0 Å². The number of nitrogens with zero attached hydrogens (tertiary/aromatic N) is 3. The van der Waals surface area contributed by atoms with Gasteiger partial charge in [0.15, 0.2) is 5.16 Å². The molecule has 1 aliphatic rings. The third kappa shape index (κ3) is 1.90. The van der Waals surface area contributed by atoms with E-state index in [0.717, 1.165) is 28.7 Å². The molecule has 0 aliphatic carbocycles. The fourth-order valence-corrected chi connectivity index (χ4v) is 2.78. The maximum absolute atomic E-state index is 10.2. The summed E-state index contributed by atoms with van der Waals surface area (Å²) in [6.45, 7) is 1.01. The van der Waals surface area contributed by atoms with Crippen LogP contribution in [0.15, 0.2) is 40.6 Å². The van der Waals surface area contributed by atoms with Gasteiger partial charge >= 0.3 is 0 Å². The summed E-state index contributed by atoms with van der Waals surface area (Å²) in [6, 6.07) is 7.44. The number of fused-ring (bicyclic) bond motifs is 1. The molecular weight excluding hydrogens is 234 g/mol. The molecule has 3 rings (SSSR count). The van der Waals surface area contributed by atoms with Crippen LogP contribution in [0.25, 0.3) is 11.3 Å². The van der Waals surface area contributed by atoms with E-state index in [-0.39, 0.29) is 0 Å². The van der Waals surface area contributed by atoms with E-state index in [0.29, 0.717) is 5.69 Å². The third-order valence-electron chi connectivity index (χ3n) is 2.62. The summed E-state index contributed by atoms with van der Waals surface area (Å²) >= 11 is 1.76. The standard InChI is InChI=1S/C12H9N3OS/c16-8-13-10-3-1-2-9(6-10)11-7-15-4-5-17-12(15)14-11/h1-3,6-7H,4-5H2. The van der Waals surface area contributed by atoms with Crippen molar-refractivity contribution in [1.29, 1.82) is 0 Å². The number of carbonyl (C=O) groups excluding carboxylic acids is 1. The van der Waals surface area contributed by atoms with Crippen LogP contribution in [0.3, 0.4) is 0 Å². The minimum atomic E-state index is 0.610. The van der Waals surface area contributed by atoms with Crippen LogP contribution in [0, 0.1) is 0 Å². The molecule has 0 atom stereocenters. The van der Waals surface area contributed by atoms with Gasteiger partial charge in [0.1, 0.15) is 0 Å². The van der Waals surface area contributed by atoms with Crippen molar-refractivity contribution in [1.82, 2.24) is 9.55 Å². The van der Waals surface area contributed by atoms with Crippen molar-refractivity contribution < 1.29 is 4.79 Å². The molecule has 1 aromatic heterocycles. The number of hydrogen-bond acceptors (Lipinski definition) is 4. The largest absolute Gasteiger partial charge is 0.325 e. The second-order valence-corrected chi connectivity index (χ2v) is 4.77. The number of aliphatic imine (C=N–C) groups is 1. The zero-order chi connectivity index (χ0) is 11.7. The number of hydrogen-bond donors (Lipinski definition) is 0. The molecule has 1 aliphatic heterocycles. The van der Waals surface area contributed by atoms with Gasteiger partial charge in [-0.15, -0.1) is 0 Å². The van der Waals surface area contributed by atoms with Gasteiger partial charge in [0.05, 0.1) is 11.4 Å². The van der Waals surface area contributed by atoms with Gasteiger partial charge in [0.2, 0.25) is 6.08 Å². The van der Waals surface area contributed by atoms with Gasteiger partial charge in [-0.2, -0.15) is 4.99 Å². The second kappa shape index (κ2) is 4.20. The molecule has 0 bridgehead atoms. The quantitative estimate of drug-likeness (QED) is 0.601. The molecule has 0 fully saturated rings. The lowest BCUT2D eigenvalue weighted by molar-refractivity contribution is 0.565. The third-order valence-corrected chi connectivity index (χ3v) is 3.59. The van der Waals surface area contributed by atoms with Gasteiger partial charge in [0, 0.05) is 24.1 Å². The van der Waals surface area contributed by atoms with E-state index in [2.05, 4.69) is 14.5 Å². The van der Waals surface area contributed by atoms with Crippen molar-refractivity contribution >= 4 is 23.5 Å². The summed E-state index contributed by atoms with van der Waals surface area (Å²) in [6.07, 6.45) is 3.59. The monoisotopic (exact) mass is 243 g/mol. The fourth-order valence-electron chi connectivity index (χ4n) is 1.84. The van der Waals surface area contributed by atoms with E-state index in [4.69, 9.17) is 0 Å². The Balaban J connectivity index is 2.02. The summed E-state index contributed by atoms with van der Waals surface area (Å²) in [5.74, 6) is 1.10. The average molecular weight is 243 g/mol. The van der Waals surface area contributed by atoms with Crippen LogP contribution in [-0.2, 0) is 11.3 Å². The molecule has 2 heterocycles. The first-order valence-electron chi connectivity index (χ1n) is 5.25. The maximum atomic E-state index is 10.2. The highest BCUT2D eigenvalue weighted by Crippen LogP contribution is 2.30. The molecule has 1 aromatic carbocycles. The summed E-state index contributed by atoms with van der Waals surface area (Å²) in [5, 5.41) is 1.06. The van der Waals surface area contributed by atoms with E-state index in [9.17, 15) is 4.79 Å². The highest BCUT2D eigenvalue weighted by Gasteiger charge is 2.15. The molecule has 84 valence electrons. The summed E-state index contributed by atoms with van der Waals surface area (Å²) < 4.78 is 2.15. The first-order chi connectivity index (χ1) is 8.36. The van der Waals surface area contributed by atoms with Crippen LogP contribution in [-0.4, -0.2) is 21.4 Å². The molecule has 4 nitrogen and oxygen atoms in total. The topological polar surface area (TPSA) is 47.2 Å². The number of isocyanates is 1. The van der Waals surface area contributed by atoms with Crippen LogP contribution in [0.2, 0.25) is 0 Å². The van der Waals surface area contributed by atoms with E-state index >= 15 is 0 Å². The van der Waals surface area contributed by atoms with Crippen LogP contribution >= 0.6 is 11.8 Å². The summed E-state index contributed by atoms with van der Waals surface area (Å²) in [4.78, 5) is 18.4. The van der Waals surface area contributed by atoms with E-state index in [1.165, 1.54) is 0 Å². The molecule has 0 spiro atoms. The number of rotatable bonds is 2. The van der Waals surface area contributed by atoms with Crippen LogP contribution in [0.5, 0.6) is 0 Å². The van der Waals surface area contributed by atoms with Crippen molar-refractivity contribution in [3.8, 4) is 11.3 Å². The second-order valence-electron chi connectivity index (χ2n) is 3.70. The number of thioether (sulfide) groups is 1. The van der Waals surface area contributed by atoms with Crippen molar-refractivity contribution in [2.24, 2.45) is 4.99 Å². The first kappa shape index (κ1) is 10.3. The Kier molecular flexibility index (Phi) is 2.55. The molecule has 0 saturated heterocycles. The number of aryl methyl sites for hydroxylation is 1. The van der Waals surface area contributed by atoms with Crippen LogP contribution in [0.4, 0.5) is 5.69 Å². The lowest BCUT2D eigenvalue weighted by atomic mass is 10.1. The maximum Gasteiger partial charge on any atom is 0.240 e. The summed E-state index contributed by atoms with van der Waals surface area (Å²) in [7, 11) is 0. The molecule has 0 N–H and O–H groups in total. The lowest BCUT2D eigenvalue weighted by Gasteiger charge is -1.97. The van der Waals surface area contributed by atoms with Gasteiger partial charge < -0.3 is 4.57 Å². The minimum absolute atomic E-state index is 0.610. The van der Waals surface area contributed by atoms with Crippen LogP contribution < -0.4 is 0 Å². The van der Waals surface area contributed by atoms with Gasteiger partial charge in [-0.05, 0) is 12.1 Å². The zero-order valence-corrected chi connectivity index (χ0v) is 9.78. The Morgan fingerprint density at radius 2 is 2.41 bits per heavy atom. The van der Waals surface area contributed by atoms with E-state index in [1.807, 2.05) is 24.4 Å². The van der Waals surface area contributed by atoms with E-state index in [1.54, 1.807) is 23.9 Å². The number of benzene rings is 1. The molecule has 0 unspecified atom stereocenters. The number of aromatic nitrogens is 2. The smallest absolute Gasteiger partial charge is 0.240 e. The molecule has 2 aromatic rings. The average Bonchev–Trinajstić information content (AvgIpc) is 2.89. The van der Waals surface area contributed by atoms with Gasteiger partial charge in [-0.1, -0.05) is 23.9 Å². The first-order valence-corrected chi connectivity index (χ1v) is 6.24. The Hall–Kier alpha value is -1.84. The summed E-state index contributed by atoms with van der Waals surface area (Å²) in [5.41, 5.74) is 2.51. The van der Waals surface area contributed by atoms with Gasteiger partial charge in [0.25, 0.3) is 0 Å². The molecule has 0 radical (unpaired) electrons. The lowest BCUT2D eigenvalue weighted by Crippen LogP contribution is -1.89. The normalized spacial score (nSPS) is 13.2. The highest BCUT2D eigenvalue weighted by atomic mass is 32.2. The SMILES string of the molecule is O=C=Nc1cccc(-c2cn3c(n2)SCC3)c1. The predicted molar refractivity (Wildman–Crippen MR) is 66.2 cm³/mol. The Bertz CT molecular complexity index is 592. The number of imidazole rings is 1. The van der Waals surface area contributed by atoms with Gasteiger partial charge in [-0.25, -0.2) is 9.78 Å².